The van der Waals surface area contributed by atoms with Gasteiger partial charge in [-0.05, 0) is 18.9 Å². The van der Waals surface area contributed by atoms with E-state index < -0.39 is 5.95 Å². The van der Waals surface area contributed by atoms with Gasteiger partial charge in [-0.2, -0.15) is 4.39 Å². The molecule has 0 unspecified atom stereocenters. The van der Waals surface area contributed by atoms with Crippen LogP contribution in [0.4, 0.5) is 4.39 Å². The van der Waals surface area contributed by atoms with Gasteiger partial charge in [0, 0.05) is 30.9 Å². The Morgan fingerprint density at radius 1 is 1.38 bits per heavy atom. The number of pyridine rings is 1. The highest BCUT2D eigenvalue weighted by molar-refractivity contribution is 5.94. The Labute approximate surface area is 95.3 Å². The smallest absolute Gasteiger partial charge is 0.254 e. The molecule has 0 N–H and O–H groups in total. The van der Waals surface area contributed by atoms with Gasteiger partial charge in [0.15, 0.2) is 0 Å². The third-order valence-electron chi connectivity index (χ3n) is 2.25. The van der Waals surface area contributed by atoms with Gasteiger partial charge in [0.2, 0.25) is 5.95 Å². The molecule has 1 heterocycles. The normalized spacial score (nSPS) is 10.2. The molecule has 88 valence electrons. The van der Waals surface area contributed by atoms with Crippen molar-refractivity contribution in [2.75, 3.05) is 13.1 Å². The quantitative estimate of drug-likeness (QED) is 0.720. The Morgan fingerprint density at radius 2 is 2.00 bits per heavy atom. The molecule has 1 aromatic heterocycles. The summed E-state index contributed by atoms with van der Waals surface area (Å²) in [5.41, 5.74) is 0.370. The standard InChI is InChI=1S/C12H17FN2O/c1-3-7-15(8-4-2)12(16)10-5-6-14-11(13)9-10/h5-6,9H,3-4,7-8H2,1-2H3. The summed E-state index contributed by atoms with van der Waals surface area (Å²) in [6, 6.07) is 2.73. The minimum Gasteiger partial charge on any atom is -0.339 e. The van der Waals surface area contributed by atoms with Crippen LogP contribution in [-0.4, -0.2) is 28.9 Å². The zero-order valence-corrected chi connectivity index (χ0v) is 9.74. The minimum atomic E-state index is -0.612. The van der Waals surface area contributed by atoms with Crippen LogP contribution in [0, 0.1) is 5.95 Å². The van der Waals surface area contributed by atoms with Gasteiger partial charge in [-0.1, -0.05) is 13.8 Å². The number of hydrogen-bond donors (Lipinski definition) is 0. The summed E-state index contributed by atoms with van der Waals surface area (Å²) in [5.74, 6) is -0.733. The Balaban J connectivity index is 2.81. The van der Waals surface area contributed by atoms with Crippen molar-refractivity contribution in [1.82, 2.24) is 9.88 Å². The molecular formula is C12H17FN2O. The molecule has 0 atom stereocenters. The van der Waals surface area contributed by atoms with Crippen LogP contribution in [-0.2, 0) is 0 Å². The van der Waals surface area contributed by atoms with Crippen molar-refractivity contribution in [2.45, 2.75) is 26.7 Å². The second-order valence-corrected chi connectivity index (χ2v) is 3.66. The van der Waals surface area contributed by atoms with Crippen LogP contribution in [0.2, 0.25) is 0 Å². The van der Waals surface area contributed by atoms with Crippen LogP contribution in [0.25, 0.3) is 0 Å². The van der Waals surface area contributed by atoms with Gasteiger partial charge in [0.1, 0.15) is 0 Å². The Kier molecular flexibility index (Phi) is 4.89. The SMILES string of the molecule is CCCN(CCC)C(=O)c1ccnc(F)c1. The van der Waals surface area contributed by atoms with Gasteiger partial charge in [-0.25, -0.2) is 4.98 Å². The van der Waals surface area contributed by atoms with Gasteiger partial charge in [-0.15, -0.1) is 0 Å². The highest BCUT2D eigenvalue weighted by Crippen LogP contribution is 2.07. The van der Waals surface area contributed by atoms with Crippen LogP contribution in [0.1, 0.15) is 37.0 Å². The number of amides is 1. The van der Waals surface area contributed by atoms with Crippen molar-refractivity contribution in [1.29, 1.82) is 0 Å². The Bertz CT molecular complexity index is 349. The molecule has 16 heavy (non-hydrogen) atoms. The van der Waals surface area contributed by atoms with Gasteiger partial charge in [0.25, 0.3) is 5.91 Å². The summed E-state index contributed by atoms with van der Waals surface area (Å²) < 4.78 is 12.9. The molecule has 1 amide bonds. The molecule has 0 spiro atoms. The minimum absolute atomic E-state index is 0.120. The van der Waals surface area contributed by atoms with Crippen LogP contribution in [0.3, 0.4) is 0 Å². The molecule has 0 bridgehead atoms. The van der Waals surface area contributed by atoms with E-state index in [2.05, 4.69) is 4.98 Å². The molecule has 0 aliphatic heterocycles. The summed E-state index contributed by atoms with van der Waals surface area (Å²) in [6.45, 7) is 5.44. The molecule has 0 saturated heterocycles. The maximum absolute atomic E-state index is 12.9. The first-order chi connectivity index (χ1) is 7.69. The third-order valence-corrected chi connectivity index (χ3v) is 2.25. The van der Waals surface area contributed by atoms with E-state index >= 15 is 0 Å². The van der Waals surface area contributed by atoms with Crippen molar-refractivity contribution >= 4 is 5.91 Å². The van der Waals surface area contributed by atoms with E-state index in [1.165, 1.54) is 12.3 Å². The van der Waals surface area contributed by atoms with Crippen molar-refractivity contribution in [3.63, 3.8) is 0 Å². The highest BCUT2D eigenvalue weighted by Gasteiger charge is 2.14. The molecule has 0 radical (unpaired) electrons. The topological polar surface area (TPSA) is 33.2 Å². The molecule has 0 aliphatic rings. The average Bonchev–Trinajstić information content (AvgIpc) is 2.28. The van der Waals surface area contributed by atoms with Crippen molar-refractivity contribution in [2.24, 2.45) is 0 Å². The average molecular weight is 224 g/mol. The largest absolute Gasteiger partial charge is 0.339 e. The van der Waals surface area contributed by atoms with Gasteiger partial charge < -0.3 is 4.90 Å². The van der Waals surface area contributed by atoms with Gasteiger partial charge in [0.05, 0.1) is 0 Å². The van der Waals surface area contributed by atoms with Crippen LogP contribution < -0.4 is 0 Å². The molecule has 3 nitrogen and oxygen atoms in total. The second kappa shape index (κ2) is 6.20. The van der Waals surface area contributed by atoms with Crippen molar-refractivity contribution in [3.8, 4) is 0 Å². The monoisotopic (exact) mass is 224 g/mol. The first kappa shape index (κ1) is 12.6. The van der Waals surface area contributed by atoms with E-state index in [1.807, 2.05) is 13.8 Å². The van der Waals surface area contributed by atoms with Gasteiger partial charge >= 0.3 is 0 Å². The Morgan fingerprint density at radius 3 is 2.50 bits per heavy atom. The first-order valence-electron chi connectivity index (χ1n) is 5.59. The fourth-order valence-electron chi connectivity index (χ4n) is 1.57. The molecule has 0 fully saturated rings. The maximum Gasteiger partial charge on any atom is 0.254 e. The van der Waals surface area contributed by atoms with E-state index in [-0.39, 0.29) is 5.91 Å². The van der Waals surface area contributed by atoms with Gasteiger partial charge in [-0.3, -0.25) is 4.79 Å². The molecule has 1 rings (SSSR count). The Hall–Kier alpha value is -1.45. The lowest BCUT2D eigenvalue weighted by Crippen LogP contribution is -2.32. The fourth-order valence-corrected chi connectivity index (χ4v) is 1.57. The number of hydrogen-bond acceptors (Lipinski definition) is 2. The van der Waals surface area contributed by atoms with Crippen molar-refractivity contribution < 1.29 is 9.18 Å². The predicted octanol–water partition coefficient (Wildman–Crippen LogP) is 2.48. The molecule has 0 aromatic carbocycles. The third kappa shape index (κ3) is 3.29. The number of aromatic nitrogens is 1. The summed E-state index contributed by atoms with van der Waals surface area (Å²) in [4.78, 5) is 17.2. The lowest BCUT2D eigenvalue weighted by Gasteiger charge is -2.21. The lowest BCUT2D eigenvalue weighted by molar-refractivity contribution is 0.0755. The second-order valence-electron chi connectivity index (χ2n) is 3.66. The van der Waals surface area contributed by atoms with Crippen molar-refractivity contribution in [3.05, 3.63) is 29.8 Å². The van der Waals surface area contributed by atoms with E-state index in [4.69, 9.17) is 0 Å². The van der Waals surface area contributed by atoms with E-state index in [0.29, 0.717) is 18.7 Å². The van der Waals surface area contributed by atoms with Crippen LogP contribution >= 0.6 is 0 Å². The van der Waals surface area contributed by atoms with E-state index in [9.17, 15) is 9.18 Å². The van der Waals surface area contributed by atoms with E-state index in [0.717, 1.165) is 12.8 Å². The summed E-state index contributed by atoms with van der Waals surface area (Å²) in [5, 5.41) is 0. The molecule has 1 aromatic rings. The highest BCUT2D eigenvalue weighted by atomic mass is 19.1. The molecule has 0 aliphatic carbocycles. The molecule has 0 saturated carbocycles. The zero-order chi connectivity index (χ0) is 12.0. The number of carbonyl (C=O) groups excluding carboxylic acids is 1. The lowest BCUT2D eigenvalue weighted by atomic mass is 10.2. The number of nitrogens with zero attached hydrogens (tertiary/aromatic N) is 2. The van der Waals surface area contributed by atoms with E-state index in [1.54, 1.807) is 11.0 Å². The zero-order valence-electron chi connectivity index (χ0n) is 9.74. The molecule has 4 heteroatoms. The number of carbonyl (C=O) groups is 1. The fraction of sp³-hybridized carbons (Fsp3) is 0.500. The number of halogens is 1. The first-order valence-corrected chi connectivity index (χ1v) is 5.59. The molecular weight excluding hydrogens is 207 g/mol. The summed E-state index contributed by atoms with van der Waals surface area (Å²) in [6.07, 6.45) is 3.12. The maximum atomic E-state index is 12.9. The predicted molar refractivity (Wildman–Crippen MR) is 60.7 cm³/mol. The summed E-state index contributed by atoms with van der Waals surface area (Å²) >= 11 is 0. The van der Waals surface area contributed by atoms with Crippen LogP contribution in [0.5, 0.6) is 0 Å². The van der Waals surface area contributed by atoms with Crippen LogP contribution in [0.15, 0.2) is 18.3 Å². The summed E-state index contributed by atoms with van der Waals surface area (Å²) in [7, 11) is 0. The number of rotatable bonds is 5.